The minimum Gasteiger partial charge on any atom is -0.415 e. The lowest BCUT2D eigenvalue weighted by Gasteiger charge is -2.36. The number of nitrogens with one attached hydrogen (secondary N) is 2. The fourth-order valence-corrected chi connectivity index (χ4v) is 3.02. The molecule has 116 valence electrons. The highest BCUT2D eigenvalue weighted by molar-refractivity contribution is 7.81. The molecule has 0 atom stereocenters. The molecule has 0 heterocycles. The van der Waals surface area contributed by atoms with Crippen molar-refractivity contribution in [3.05, 3.63) is 29.8 Å². The zero-order valence-corrected chi connectivity index (χ0v) is 15.3. The van der Waals surface area contributed by atoms with Gasteiger partial charge in [-0.25, -0.2) is 0 Å². The molecule has 1 rings (SSSR count). The number of anilines is 1. The Hall–Kier alpha value is -0.580. The number of rotatable bonds is 7. The van der Waals surface area contributed by atoms with Gasteiger partial charge in [-0.15, -0.1) is 0 Å². The first kappa shape index (κ1) is 18.5. The Balaban J connectivity index is 2.99. The van der Waals surface area contributed by atoms with Crippen LogP contribution in [0.1, 0.15) is 33.3 Å². The molecule has 0 saturated heterocycles. The zero-order chi connectivity index (χ0) is 16.2. The maximum Gasteiger partial charge on any atom is 0.326 e. The van der Waals surface area contributed by atoms with Crippen molar-refractivity contribution in [2.24, 2.45) is 0 Å². The summed E-state index contributed by atoms with van der Waals surface area (Å²) in [4.78, 5) is 0. The van der Waals surface area contributed by atoms with E-state index in [1.54, 1.807) is 0 Å². The maximum absolute atomic E-state index is 4.72. The van der Waals surface area contributed by atoms with E-state index < -0.39 is 0 Å². The molecule has 0 aliphatic carbocycles. The number of nitrogens with zero attached hydrogens (tertiary/aromatic N) is 1. The van der Waals surface area contributed by atoms with Crippen molar-refractivity contribution in [1.29, 1.82) is 0 Å². The van der Waals surface area contributed by atoms with Crippen molar-refractivity contribution in [3.63, 3.8) is 0 Å². The Kier molecular flexibility index (Phi) is 6.70. The van der Waals surface area contributed by atoms with Crippen LogP contribution in [-0.2, 0) is 4.75 Å². The van der Waals surface area contributed by atoms with Gasteiger partial charge in [0.1, 0.15) is 0 Å². The van der Waals surface area contributed by atoms with Gasteiger partial charge in [0, 0.05) is 10.4 Å². The molecule has 21 heavy (non-hydrogen) atoms. The molecule has 0 bridgehead atoms. The molecule has 0 unspecified atom stereocenters. The Morgan fingerprint density at radius 3 is 2.19 bits per heavy atom. The Morgan fingerprint density at radius 1 is 1.14 bits per heavy atom. The third-order valence-corrected chi connectivity index (χ3v) is 4.10. The van der Waals surface area contributed by atoms with Crippen LogP contribution in [0.5, 0.6) is 0 Å². The highest BCUT2D eigenvalue weighted by Gasteiger charge is 2.29. The molecule has 1 aromatic carbocycles. The fourth-order valence-electron chi connectivity index (χ4n) is 2.82. The monoisotopic (exact) mass is 305 g/mol. The van der Waals surface area contributed by atoms with Gasteiger partial charge in [0.25, 0.3) is 6.98 Å². The first-order valence-corrected chi connectivity index (χ1v) is 8.16. The highest BCUT2D eigenvalue weighted by Crippen LogP contribution is 2.33. The summed E-state index contributed by atoms with van der Waals surface area (Å²) in [5.41, 5.74) is 2.37. The van der Waals surface area contributed by atoms with Crippen molar-refractivity contribution in [3.8, 4) is 0 Å². The van der Waals surface area contributed by atoms with Crippen LogP contribution in [0.3, 0.4) is 0 Å². The van der Waals surface area contributed by atoms with E-state index in [1.165, 1.54) is 5.56 Å². The van der Waals surface area contributed by atoms with Crippen LogP contribution in [0, 0.1) is 0 Å². The molecular weight excluding hydrogens is 276 g/mol. The number of hydrogen-bond acceptors (Lipinski definition) is 4. The van der Waals surface area contributed by atoms with Crippen LogP contribution in [0.2, 0.25) is 13.6 Å². The Morgan fingerprint density at radius 2 is 1.71 bits per heavy atom. The van der Waals surface area contributed by atoms with E-state index in [0.29, 0.717) is 13.0 Å². The third kappa shape index (κ3) is 4.97. The molecule has 0 amide bonds. The first-order chi connectivity index (χ1) is 9.68. The summed E-state index contributed by atoms with van der Waals surface area (Å²) in [7, 11) is 2.00. The van der Waals surface area contributed by atoms with E-state index in [9.17, 15) is 0 Å². The van der Waals surface area contributed by atoms with Crippen molar-refractivity contribution in [2.75, 3.05) is 12.3 Å². The van der Waals surface area contributed by atoms with Gasteiger partial charge in [-0.3, -0.25) is 0 Å². The van der Waals surface area contributed by atoms with Crippen LogP contribution in [-0.4, -0.2) is 31.8 Å². The summed E-state index contributed by atoms with van der Waals surface area (Å²) in [6, 6.07) is 8.86. The number of benzene rings is 1. The first-order valence-electron chi connectivity index (χ1n) is 7.71. The zero-order valence-electron chi connectivity index (χ0n) is 14.4. The fraction of sp³-hybridized carbons (Fsp3) is 0.600. The molecule has 1 aromatic rings. The number of thiol groups is 1. The smallest absolute Gasteiger partial charge is 0.326 e. The van der Waals surface area contributed by atoms with Gasteiger partial charge in [0.2, 0.25) is 0 Å². The normalized spacial score (nSPS) is 11.9. The highest BCUT2D eigenvalue weighted by atomic mass is 32.1. The molecule has 6 heteroatoms. The van der Waals surface area contributed by atoms with Gasteiger partial charge >= 0.3 is 6.98 Å². The molecule has 0 fully saturated rings. The van der Waals surface area contributed by atoms with E-state index >= 15 is 0 Å². The van der Waals surface area contributed by atoms with Crippen LogP contribution in [0.25, 0.3) is 0 Å². The van der Waals surface area contributed by atoms with Crippen molar-refractivity contribution in [1.82, 2.24) is 9.95 Å². The summed E-state index contributed by atoms with van der Waals surface area (Å²) >= 11 is 4.72. The molecule has 0 aliphatic heterocycles. The molecule has 0 aliphatic rings. The number of hydrogen-bond donors (Lipinski definition) is 3. The summed E-state index contributed by atoms with van der Waals surface area (Å²) in [5.74, 6) is 0. The second-order valence-electron chi connectivity index (χ2n) is 6.43. The maximum atomic E-state index is 4.72. The molecule has 0 spiro atoms. The Labute approximate surface area is 136 Å². The van der Waals surface area contributed by atoms with E-state index in [0.717, 1.165) is 5.69 Å². The summed E-state index contributed by atoms with van der Waals surface area (Å²) < 4.78 is 2.25. The van der Waals surface area contributed by atoms with Crippen LogP contribution in [0.4, 0.5) is 5.69 Å². The van der Waals surface area contributed by atoms with Crippen molar-refractivity contribution in [2.45, 2.75) is 52.1 Å². The molecule has 2 N–H and O–H groups in total. The molecule has 0 saturated carbocycles. The van der Waals surface area contributed by atoms with Gasteiger partial charge in [-0.2, -0.15) is 12.6 Å². The van der Waals surface area contributed by atoms with Crippen LogP contribution < -0.4 is 10.5 Å². The second kappa shape index (κ2) is 7.61. The topological polar surface area (TPSA) is 27.3 Å². The van der Waals surface area contributed by atoms with Crippen molar-refractivity contribution < 1.29 is 0 Å². The SMILES string of the molecule is CNB(C)N(B(C)Nc1ccccc1C(C)(C)S)C(C)C. The van der Waals surface area contributed by atoms with Crippen molar-refractivity contribution >= 4 is 32.3 Å². The van der Waals surface area contributed by atoms with Gasteiger partial charge in [-0.1, -0.05) is 45.7 Å². The Bertz CT molecular complexity index is 449. The second-order valence-corrected chi connectivity index (χ2v) is 7.55. The van der Waals surface area contributed by atoms with E-state index in [4.69, 9.17) is 12.6 Å². The average molecular weight is 305 g/mol. The standard InChI is InChI=1S/C15H29B2N3S/c1-12(2)20(16(5)18-7)17(6)19-14-11-9-8-10-13(14)15(3,4)21/h8-12,18-19,21H,1-7H3. The summed E-state index contributed by atoms with van der Waals surface area (Å²) in [5, 5.41) is 6.98. The largest absolute Gasteiger partial charge is 0.415 e. The van der Waals surface area contributed by atoms with Gasteiger partial charge in [0.05, 0.1) is 0 Å². The van der Waals surface area contributed by atoms with Crippen LogP contribution in [0.15, 0.2) is 24.3 Å². The molecule has 3 nitrogen and oxygen atoms in total. The molecule has 0 radical (unpaired) electrons. The van der Waals surface area contributed by atoms with Crippen LogP contribution >= 0.6 is 12.6 Å². The van der Waals surface area contributed by atoms with Gasteiger partial charge in [0.15, 0.2) is 0 Å². The summed E-state index contributed by atoms with van der Waals surface area (Å²) in [6.45, 7) is 13.6. The van der Waals surface area contributed by atoms with Gasteiger partial charge < -0.3 is 15.2 Å². The minimum absolute atomic E-state index is 0.166. The van der Waals surface area contributed by atoms with E-state index in [1.807, 2.05) is 7.05 Å². The quantitative estimate of drug-likeness (QED) is 0.532. The molecule has 0 aromatic heterocycles. The lowest BCUT2D eigenvalue weighted by Crippen LogP contribution is -2.59. The average Bonchev–Trinajstić information content (AvgIpc) is 2.37. The van der Waals surface area contributed by atoms with E-state index in [2.05, 4.69) is 80.8 Å². The minimum atomic E-state index is -0.166. The van der Waals surface area contributed by atoms with E-state index in [-0.39, 0.29) is 11.7 Å². The lowest BCUT2D eigenvalue weighted by atomic mass is 9.61. The number of para-hydroxylation sites is 1. The predicted octanol–water partition coefficient (Wildman–Crippen LogP) is 3.43. The lowest BCUT2D eigenvalue weighted by molar-refractivity contribution is 0.522. The summed E-state index contributed by atoms with van der Waals surface area (Å²) in [6.07, 6.45) is 0. The molecular formula is C15H29B2N3S. The third-order valence-electron chi connectivity index (χ3n) is 3.86. The van der Waals surface area contributed by atoms with Gasteiger partial charge in [-0.05, 0) is 38.6 Å². The predicted molar refractivity (Wildman–Crippen MR) is 101 cm³/mol.